The number of rotatable bonds is 8. The molecule has 2 aromatic carbocycles. The molecule has 0 unspecified atom stereocenters. The van der Waals surface area contributed by atoms with Gasteiger partial charge in [0.1, 0.15) is 6.54 Å². The Balaban J connectivity index is 1.50. The van der Waals surface area contributed by atoms with Crippen LogP contribution in [0.15, 0.2) is 65.7 Å². The standard InChI is InChI=1S/C25H35N5O/c1-29(2)24(31)19-27-25(26-16-13-21-9-5-3-6-10-21)28-23-14-17-30(18-15-23)20-22-11-7-4-8-12-22/h3-12,23H,13-20H2,1-2H3,(H2,26,27,28). The minimum absolute atomic E-state index is 0.00170. The van der Waals surface area contributed by atoms with Crippen molar-refractivity contribution < 1.29 is 4.79 Å². The third kappa shape index (κ3) is 8.06. The first-order chi connectivity index (χ1) is 15.1. The molecule has 0 aliphatic carbocycles. The Bertz CT molecular complexity index is 814. The Hall–Kier alpha value is -2.86. The fraction of sp³-hybridized carbons (Fsp3) is 0.440. The summed E-state index contributed by atoms with van der Waals surface area (Å²) < 4.78 is 0. The van der Waals surface area contributed by atoms with Crippen LogP contribution in [0.2, 0.25) is 0 Å². The molecule has 0 aromatic heterocycles. The number of guanidine groups is 1. The first-order valence-corrected chi connectivity index (χ1v) is 11.2. The van der Waals surface area contributed by atoms with E-state index in [2.05, 4.69) is 75.1 Å². The summed E-state index contributed by atoms with van der Waals surface area (Å²) in [5, 5.41) is 6.98. The third-order valence-electron chi connectivity index (χ3n) is 5.60. The molecule has 2 aromatic rings. The molecule has 3 rings (SSSR count). The maximum absolute atomic E-state index is 12.0. The van der Waals surface area contributed by atoms with E-state index in [1.165, 1.54) is 11.1 Å². The SMILES string of the molecule is CN(C)C(=O)CN=C(NCCc1ccccc1)NC1CCN(Cc2ccccc2)CC1. The Morgan fingerprint density at radius 2 is 1.61 bits per heavy atom. The van der Waals surface area contributed by atoms with Crippen LogP contribution in [0.1, 0.15) is 24.0 Å². The molecule has 1 amide bonds. The number of hydrogen-bond donors (Lipinski definition) is 2. The van der Waals surface area contributed by atoms with Gasteiger partial charge in [-0.3, -0.25) is 9.69 Å². The number of carbonyl (C=O) groups is 1. The van der Waals surface area contributed by atoms with E-state index in [1.807, 2.05) is 6.07 Å². The van der Waals surface area contributed by atoms with Crippen LogP contribution in [-0.4, -0.2) is 68.0 Å². The highest BCUT2D eigenvalue weighted by Gasteiger charge is 2.20. The number of benzene rings is 2. The molecule has 0 spiro atoms. The molecule has 1 aliphatic heterocycles. The summed E-state index contributed by atoms with van der Waals surface area (Å²) in [6, 6.07) is 21.4. The van der Waals surface area contributed by atoms with Crippen LogP contribution in [0.5, 0.6) is 0 Å². The zero-order valence-corrected chi connectivity index (χ0v) is 18.8. The number of piperidine rings is 1. The number of amides is 1. The van der Waals surface area contributed by atoms with Gasteiger partial charge in [0, 0.05) is 46.3 Å². The molecule has 0 radical (unpaired) electrons. The first-order valence-electron chi connectivity index (χ1n) is 11.2. The molecule has 0 saturated carbocycles. The molecule has 6 heteroatoms. The lowest BCUT2D eigenvalue weighted by Crippen LogP contribution is -2.49. The van der Waals surface area contributed by atoms with Gasteiger partial charge in [0.15, 0.2) is 5.96 Å². The molecule has 1 heterocycles. The van der Waals surface area contributed by atoms with Crippen LogP contribution in [0, 0.1) is 0 Å². The largest absolute Gasteiger partial charge is 0.356 e. The van der Waals surface area contributed by atoms with E-state index in [1.54, 1.807) is 19.0 Å². The van der Waals surface area contributed by atoms with Crippen molar-refractivity contribution in [3.63, 3.8) is 0 Å². The van der Waals surface area contributed by atoms with E-state index in [0.717, 1.165) is 51.4 Å². The quantitative estimate of drug-likeness (QED) is 0.508. The van der Waals surface area contributed by atoms with Gasteiger partial charge in [-0.15, -0.1) is 0 Å². The second-order valence-corrected chi connectivity index (χ2v) is 8.30. The van der Waals surface area contributed by atoms with Gasteiger partial charge in [-0.25, -0.2) is 4.99 Å². The molecule has 31 heavy (non-hydrogen) atoms. The molecule has 0 atom stereocenters. The summed E-state index contributed by atoms with van der Waals surface area (Å²) in [6.45, 7) is 4.04. The van der Waals surface area contributed by atoms with Gasteiger partial charge in [-0.1, -0.05) is 60.7 Å². The van der Waals surface area contributed by atoms with Crippen LogP contribution in [-0.2, 0) is 17.8 Å². The maximum atomic E-state index is 12.0. The summed E-state index contributed by atoms with van der Waals surface area (Å²) in [5.41, 5.74) is 2.65. The number of nitrogens with one attached hydrogen (secondary N) is 2. The predicted octanol–water partition coefficient (Wildman–Crippen LogP) is 2.52. The third-order valence-corrected chi connectivity index (χ3v) is 5.60. The summed E-state index contributed by atoms with van der Waals surface area (Å²) in [4.78, 5) is 20.6. The van der Waals surface area contributed by atoms with E-state index in [9.17, 15) is 4.79 Å². The lowest BCUT2D eigenvalue weighted by atomic mass is 10.0. The fourth-order valence-electron chi connectivity index (χ4n) is 3.68. The minimum atomic E-state index is 0.00170. The van der Waals surface area contributed by atoms with E-state index >= 15 is 0 Å². The number of nitrogens with zero attached hydrogens (tertiary/aromatic N) is 3. The van der Waals surface area contributed by atoms with Crippen molar-refractivity contribution in [2.75, 3.05) is 40.3 Å². The van der Waals surface area contributed by atoms with Crippen LogP contribution in [0.4, 0.5) is 0 Å². The zero-order valence-electron chi connectivity index (χ0n) is 18.8. The van der Waals surface area contributed by atoms with Crippen molar-refractivity contribution in [2.45, 2.75) is 31.8 Å². The van der Waals surface area contributed by atoms with Gasteiger partial charge in [0.25, 0.3) is 0 Å². The van der Waals surface area contributed by atoms with Crippen molar-refractivity contribution in [3.05, 3.63) is 71.8 Å². The molecule has 1 saturated heterocycles. The number of carbonyl (C=O) groups excluding carboxylic acids is 1. The van der Waals surface area contributed by atoms with E-state index in [4.69, 9.17) is 0 Å². The molecule has 6 nitrogen and oxygen atoms in total. The Kier molecular flexibility index (Phi) is 8.91. The Morgan fingerprint density at radius 1 is 1.00 bits per heavy atom. The fourth-order valence-corrected chi connectivity index (χ4v) is 3.68. The number of likely N-dealkylation sites (N-methyl/N-ethyl adjacent to an activating group) is 1. The zero-order chi connectivity index (χ0) is 21.9. The number of aliphatic imine (C=N–C) groups is 1. The maximum Gasteiger partial charge on any atom is 0.243 e. The molecule has 166 valence electrons. The smallest absolute Gasteiger partial charge is 0.243 e. The predicted molar refractivity (Wildman–Crippen MR) is 127 cm³/mol. The summed E-state index contributed by atoms with van der Waals surface area (Å²) in [7, 11) is 3.52. The van der Waals surface area contributed by atoms with Crippen molar-refractivity contribution in [2.24, 2.45) is 4.99 Å². The van der Waals surface area contributed by atoms with Crippen LogP contribution in [0.3, 0.4) is 0 Å². The molecule has 1 fully saturated rings. The van der Waals surface area contributed by atoms with Crippen molar-refractivity contribution in [1.29, 1.82) is 0 Å². The van der Waals surface area contributed by atoms with Crippen LogP contribution in [0.25, 0.3) is 0 Å². The highest BCUT2D eigenvalue weighted by Crippen LogP contribution is 2.13. The molecule has 1 aliphatic rings. The lowest BCUT2D eigenvalue weighted by Gasteiger charge is -2.33. The van der Waals surface area contributed by atoms with Gasteiger partial charge >= 0.3 is 0 Å². The second kappa shape index (κ2) is 12.1. The second-order valence-electron chi connectivity index (χ2n) is 8.30. The highest BCUT2D eigenvalue weighted by molar-refractivity contribution is 5.84. The highest BCUT2D eigenvalue weighted by atomic mass is 16.2. The molecular weight excluding hydrogens is 386 g/mol. The topological polar surface area (TPSA) is 60.0 Å². The van der Waals surface area contributed by atoms with Crippen molar-refractivity contribution in [3.8, 4) is 0 Å². The monoisotopic (exact) mass is 421 g/mol. The van der Waals surface area contributed by atoms with Gasteiger partial charge in [0.2, 0.25) is 5.91 Å². The normalized spacial score (nSPS) is 15.5. The van der Waals surface area contributed by atoms with E-state index < -0.39 is 0 Å². The first kappa shape index (κ1) is 22.8. The summed E-state index contributed by atoms with van der Waals surface area (Å²) >= 11 is 0. The van der Waals surface area contributed by atoms with E-state index in [-0.39, 0.29) is 12.5 Å². The Morgan fingerprint density at radius 3 is 2.23 bits per heavy atom. The van der Waals surface area contributed by atoms with Gasteiger partial charge in [-0.05, 0) is 30.4 Å². The van der Waals surface area contributed by atoms with E-state index in [0.29, 0.717) is 6.04 Å². The average molecular weight is 422 g/mol. The molecule has 2 N–H and O–H groups in total. The number of hydrogen-bond acceptors (Lipinski definition) is 3. The van der Waals surface area contributed by atoms with Crippen molar-refractivity contribution in [1.82, 2.24) is 20.4 Å². The molecular formula is C25H35N5O. The van der Waals surface area contributed by atoms with Gasteiger partial charge < -0.3 is 15.5 Å². The minimum Gasteiger partial charge on any atom is -0.356 e. The number of likely N-dealkylation sites (tertiary alicyclic amines) is 1. The Labute approximate surface area is 186 Å². The summed E-state index contributed by atoms with van der Waals surface area (Å²) in [5.74, 6) is 0.731. The van der Waals surface area contributed by atoms with Crippen molar-refractivity contribution >= 4 is 11.9 Å². The van der Waals surface area contributed by atoms with Gasteiger partial charge in [0.05, 0.1) is 0 Å². The van der Waals surface area contributed by atoms with Crippen LogP contribution < -0.4 is 10.6 Å². The summed E-state index contributed by atoms with van der Waals surface area (Å²) in [6.07, 6.45) is 3.04. The lowest BCUT2D eigenvalue weighted by molar-refractivity contribution is -0.127. The average Bonchev–Trinajstić information content (AvgIpc) is 2.79. The van der Waals surface area contributed by atoms with Gasteiger partial charge in [-0.2, -0.15) is 0 Å². The van der Waals surface area contributed by atoms with Crippen LogP contribution >= 0.6 is 0 Å². The molecule has 0 bridgehead atoms.